The minimum absolute atomic E-state index is 0.103. The number of nitrogens with zero attached hydrogens (tertiary/aromatic N) is 4. The third-order valence-electron chi connectivity index (χ3n) is 5.18. The summed E-state index contributed by atoms with van der Waals surface area (Å²) < 4.78 is 1.45. The number of H-pyrrole nitrogens is 1. The van der Waals surface area contributed by atoms with Crippen molar-refractivity contribution in [3.05, 3.63) is 56.1 Å². The number of hydrogen-bond donors (Lipinski definition) is 1. The van der Waals surface area contributed by atoms with Crippen LogP contribution in [0.1, 0.15) is 50.4 Å². The summed E-state index contributed by atoms with van der Waals surface area (Å²) in [6.07, 6.45) is 0. The lowest BCUT2D eigenvalue weighted by Crippen LogP contribution is -2.23. The van der Waals surface area contributed by atoms with Crippen molar-refractivity contribution in [1.29, 1.82) is 0 Å². The summed E-state index contributed by atoms with van der Waals surface area (Å²) in [4.78, 5) is 24.6. The van der Waals surface area contributed by atoms with E-state index in [0.717, 1.165) is 30.0 Å². The molecular formula is C22H29N5O. The van der Waals surface area contributed by atoms with E-state index in [2.05, 4.69) is 42.6 Å². The summed E-state index contributed by atoms with van der Waals surface area (Å²) in [6.45, 7) is 18.2. The Hall–Kier alpha value is -2.89. The Morgan fingerprint density at radius 1 is 1.25 bits per heavy atom. The van der Waals surface area contributed by atoms with Crippen LogP contribution in [0.5, 0.6) is 0 Å². The molecule has 0 aliphatic carbocycles. The smallest absolute Gasteiger partial charge is 0.275 e. The van der Waals surface area contributed by atoms with E-state index in [4.69, 9.17) is 9.98 Å². The van der Waals surface area contributed by atoms with Crippen LogP contribution in [0.25, 0.3) is 12.2 Å². The highest BCUT2D eigenvalue weighted by Gasteiger charge is 2.15. The van der Waals surface area contributed by atoms with Crippen molar-refractivity contribution in [3.63, 3.8) is 0 Å². The second-order valence-electron chi connectivity index (χ2n) is 7.43. The van der Waals surface area contributed by atoms with Gasteiger partial charge in [-0.2, -0.15) is 4.52 Å². The Kier molecular flexibility index (Phi) is 5.40. The molecule has 0 unspecified atom stereocenters. The first-order valence-corrected chi connectivity index (χ1v) is 9.82. The van der Waals surface area contributed by atoms with Crippen molar-refractivity contribution >= 4 is 23.6 Å². The molecule has 0 aliphatic rings. The Labute approximate surface area is 165 Å². The van der Waals surface area contributed by atoms with E-state index in [9.17, 15) is 4.79 Å². The Morgan fingerprint density at radius 2 is 1.93 bits per heavy atom. The summed E-state index contributed by atoms with van der Waals surface area (Å²) >= 11 is 0. The number of fused-ring (bicyclic) bond motifs is 1. The molecule has 28 heavy (non-hydrogen) atoms. The first kappa shape index (κ1) is 19.9. The second-order valence-corrected chi connectivity index (χ2v) is 7.43. The molecule has 3 rings (SSSR count). The summed E-state index contributed by atoms with van der Waals surface area (Å²) in [5, 5.41) is 4.21. The van der Waals surface area contributed by atoms with Crippen LogP contribution in [0.15, 0.2) is 28.0 Å². The molecule has 148 valence electrons. The minimum Gasteiger partial charge on any atom is -0.372 e. The lowest BCUT2D eigenvalue weighted by atomic mass is 10.1. The number of aromatic nitrogens is 3. The number of hydrogen-bond acceptors (Lipinski definition) is 4. The molecule has 2 aromatic heterocycles. The van der Waals surface area contributed by atoms with Crippen molar-refractivity contribution in [2.45, 2.75) is 47.5 Å². The van der Waals surface area contributed by atoms with Gasteiger partial charge in [0.2, 0.25) is 0 Å². The van der Waals surface area contributed by atoms with Gasteiger partial charge in [0.05, 0.1) is 16.7 Å². The number of benzene rings is 1. The van der Waals surface area contributed by atoms with Crippen molar-refractivity contribution < 1.29 is 0 Å². The van der Waals surface area contributed by atoms with Gasteiger partial charge in [-0.05, 0) is 57.4 Å². The second kappa shape index (κ2) is 7.62. The molecule has 2 heterocycles. The molecule has 1 aromatic carbocycles. The third kappa shape index (κ3) is 3.35. The molecule has 0 bridgehead atoms. The van der Waals surface area contributed by atoms with Crippen LogP contribution in [0.3, 0.4) is 0 Å². The molecule has 1 N–H and O–H groups in total. The van der Waals surface area contributed by atoms with E-state index in [1.807, 2.05) is 33.8 Å². The fraction of sp³-hybridized carbons (Fsp3) is 0.409. The quantitative estimate of drug-likeness (QED) is 0.741. The first-order valence-electron chi connectivity index (χ1n) is 9.82. The zero-order valence-electron chi connectivity index (χ0n) is 17.6. The van der Waals surface area contributed by atoms with E-state index in [1.165, 1.54) is 10.2 Å². The van der Waals surface area contributed by atoms with Crippen molar-refractivity contribution in [2.75, 3.05) is 18.0 Å². The van der Waals surface area contributed by atoms with Crippen LogP contribution in [0.2, 0.25) is 0 Å². The zero-order valence-corrected chi connectivity index (χ0v) is 17.6. The Bertz CT molecular complexity index is 1180. The van der Waals surface area contributed by atoms with Gasteiger partial charge in [0.25, 0.3) is 5.56 Å². The molecule has 0 fully saturated rings. The molecule has 0 radical (unpaired) electrons. The fourth-order valence-corrected chi connectivity index (χ4v) is 3.56. The average Bonchev–Trinajstić information content (AvgIpc) is 2.97. The van der Waals surface area contributed by atoms with Gasteiger partial charge in [-0.25, -0.2) is 9.98 Å². The topological polar surface area (TPSA) is 65.8 Å². The number of nitrogens with one attached hydrogen (secondary N) is 1. The maximum Gasteiger partial charge on any atom is 0.275 e. The fourth-order valence-electron chi connectivity index (χ4n) is 3.56. The van der Waals surface area contributed by atoms with Crippen molar-refractivity contribution in [3.8, 4) is 0 Å². The molecule has 6 heteroatoms. The molecule has 3 aromatic rings. The maximum absolute atomic E-state index is 12.7. The molecule has 0 amide bonds. The molecule has 0 atom stereocenters. The van der Waals surface area contributed by atoms with E-state index in [1.54, 1.807) is 0 Å². The van der Waals surface area contributed by atoms with Gasteiger partial charge in [0.15, 0.2) is 5.65 Å². The van der Waals surface area contributed by atoms with Gasteiger partial charge in [-0.1, -0.05) is 20.4 Å². The normalized spacial score (nSPS) is 12.3. The summed E-state index contributed by atoms with van der Waals surface area (Å²) in [7, 11) is 0. The van der Waals surface area contributed by atoms with E-state index >= 15 is 0 Å². The predicted molar refractivity (Wildman–Crippen MR) is 115 cm³/mol. The summed E-state index contributed by atoms with van der Waals surface area (Å²) in [5.74, 6) is 0.156. The van der Waals surface area contributed by atoms with E-state index < -0.39 is 0 Å². The van der Waals surface area contributed by atoms with Gasteiger partial charge in [-0.3, -0.25) is 9.89 Å². The molecule has 6 nitrogen and oxygen atoms in total. The van der Waals surface area contributed by atoms with E-state index in [0.29, 0.717) is 21.9 Å². The minimum atomic E-state index is -0.103. The number of aryl methyl sites for hydroxylation is 1. The van der Waals surface area contributed by atoms with Gasteiger partial charge in [0, 0.05) is 24.3 Å². The summed E-state index contributed by atoms with van der Waals surface area (Å²) in [5.41, 5.74) is 4.98. The highest BCUT2D eigenvalue weighted by Crippen LogP contribution is 2.24. The standard InChI is InChI=1S/C22H29N5O/c1-8-26(9-2)17-10-11-18(14(5)12-17)23-20-16(7)25-27-21(20)24-19(13(3)4)15(6)22(27)28/h10-13,25H,7-9H2,1-6H3. The monoisotopic (exact) mass is 379 g/mol. The SMILES string of the molecule is C=c1[nH]n2c(=O)c(C)c(C(C)C)nc2c1=Nc1ccc(N(CC)CC)cc1C. The molecular weight excluding hydrogens is 350 g/mol. The Morgan fingerprint density at radius 3 is 2.50 bits per heavy atom. The van der Waals surface area contributed by atoms with Crippen molar-refractivity contribution in [1.82, 2.24) is 14.6 Å². The number of anilines is 1. The molecule has 0 spiro atoms. The van der Waals surface area contributed by atoms with Crippen LogP contribution in [-0.4, -0.2) is 27.7 Å². The zero-order chi connectivity index (χ0) is 20.6. The van der Waals surface area contributed by atoms with Gasteiger partial charge < -0.3 is 4.90 Å². The van der Waals surface area contributed by atoms with Gasteiger partial charge in [0.1, 0.15) is 5.36 Å². The Balaban J connectivity index is 2.24. The molecule has 0 saturated carbocycles. The lowest BCUT2D eigenvalue weighted by Gasteiger charge is -2.21. The van der Waals surface area contributed by atoms with Crippen LogP contribution in [0.4, 0.5) is 11.4 Å². The highest BCUT2D eigenvalue weighted by atomic mass is 16.1. The van der Waals surface area contributed by atoms with Crippen LogP contribution >= 0.6 is 0 Å². The molecule has 0 aliphatic heterocycles. The van der Waals surface area contributed by atoms with Crippen molar-refractivity contribution in [2.24, 2.45) is 4.99 Å². The number of rotatable bonds is 5. The van der Waals surface area contributed by atoms with E-state index in [-0.39, 0.29) is 11.5 Å². The van der Waals surface area contributed by atoms with Crippen LogP contribution in [-0.2, 0) is 0 Å². The third-order valence-corrected chi connectivity index (χ3v) is 5.18. The first-order chi connectivity index (χ1) is 13.3. The van der Waals surface area contributed by atoms with Gasteiger partial charge >= 0.3 is 0 Å². The van der Waals surface area contributed by atoms with Gasteiger partial charge in [-0.15, -0.1) is 0 Å². The number of aromatic amines is 1. The van der Waals surface area contributed by atoms with Crippen LogP contribution in [0, 0.1) is 13.8 Å². The highest BCUT2D eigenvalue weighted by molar-refractivity contribution is 5.58. The largest absolute Gasteiger partial charge is 0.372 e. The average molecular weight is 380 g/mol. The summed E-state index contributed by atoms with van der Waals surface area (Å²) in [6, 6.07) is 6.24. The lowest BCUT2D eigenvalue weighted by molar-refractivity contribution is 0.778. The van der Waals surface area contributed by atoms with Crippen LogP contribution < -0.4 is 21.2 Å². The molecule has 0 saturated heterocycles. The maximum atomic E-state index is 12.7. The predicted octanol–water partition coefficient (Wildman–Crippen LogP) is 2.97.